The Balaban J connectivity index is 2.37. The van der Waals surface area contributed by atoms with Crippen molar-refractivity contribution in [2.75, 3.05) is 0 Å². The van der Waals surface area contributed by atoms with Crippen molar-refractivity contribution >= 4 is 11.0 Å². The third-order valence-corrected chi connectivity index (χ3v) is 3.21. The van der Waals surface area contributed by atoms with Gasteiger partial charge in [0.2, 0.25) is 11.2 Å². The van der Waals surface area contributed by atoms with Crippen LogP contribution in [0, 0.1) is 5.21 Å². The molecule has 0 saturated heterocycles. The van der Waals surface area contributed by atoms with Gasteiger partial charge >= 0.3 is 0 Å². The Morgan fingerprint density at radius 2 is 1.68 bits per heavy atom. The molecule has 0 atom stereocenters. The van der Waals surface area contributed by atoms with Crippen molar-refractivity contribution in [1.29, 1.82) is 0 Å². The summed E-state index contributed by atoms with van der Waals surface area (Å²) in [6.07, 6.45) is 0.733. The van der Waals surface area contributed by atoms with Crippen LogP contribution in [0.1, 0.15) is 12.6 Å². The van der Waals surface area contributed by atoms with Gasteiger partial charge in [-0.3, -0.25) is 0 Å². The molecule has 0 bridgehead atoms. The van der Waals surface area contributed by atoms with Crippen LogP contribution in [0.3, 0.4) is 0 Å². The van der Waals surface area contributed by atoms with Crippen LogP contribution in [0.25, 0.3) is 22.3 Å². The summed E-state index contributed by atoms with van der Waals surface area (Å²) < 4.78 is 0.997. The third kappa shape index (κ3) is 1.93. The molecular weight excluding hydrogens is 236 g/mol. The summed E-state index contributed by atoms with van der Waals surface area (Å²) in [4.78, 5) is 4.61. The van der Waals surface area contributed by atoms with E-state index in [1.54, 1.807) is 6.07 Å². The Morgan fingerprint density at radius 3 is 2.42 bits per heavy atom. The lowest BCUT2D eigenvalue weighted by Gasteiger charge is -2.10. The fourth-order valence-corrected chi connectivity index (χ4v) is 2.29. The smallest absolute Gasteiger partial charge is 0.245 e. The largest absolute Gasteiger partial charge is 0.618 e. The summed E-state index contributed by atoms with van der Waals surface area (Å²) in [5.74, 6) is 0. The van der Waals surface area contributed by atoms with Crippen LogP contribution >= 0.6 is 0 Å². The van der Waals surface area contributed by atoms with E-state index >= 15 is 0 Å². The van der Waals surface area contributed by atoms with E-state index in [-0.39, 0.29) is 0 Å². The number of nitrogens with zero attached hydrogens (tertiary/aromatic N) is 2. The zero-order valence-corrected chi connectivity index (χ0v) is 10.7. The van der Waals surface area contributed by atoms with Crippen LogP contribution < -0.4 is 4.73 Å². The van der Waals surface area contributed by atoms with Crippen LogP contribution in [0.4, 0.5) is 0 Å². The van der Waals surface area contributed by atoms with Gasteiger partial charge in [-0.1, -0.05) is 37.3 Å². The molecule has 0 aliphatic rings. The summed E-state index contributed by atoms with van der Waals surface area (Å²) in [6.45, 7) is 2.02. The maximum Gasteiger partial charge on any atom is 0.245 e. The number of hydrogen-bond donors (Lipinski definition) is 0. The molecule has 1 heterocycles. The van der Waals surface area contributed by atoms with Crippen molar-refractivity contribution in [2.24, 2.45) is 0 Å². The Labute approximate surface area is 111 Å². The highest BCUT2D eigenvalue weighted by atomic mass is 16.5. The molecule has 2 aromatic carbocycles. The first kappa shape index (κ1) is 11.7. The van der Waals surface area contributed by atoms with Gasteiger partial charge < -0.3 is 5.21 Å². The highest BCUT2D eigenvalue weighted by molar-refractivity contribution is 5.73. The van der Waals surface area contributed by atoms with Crippen molar-refractivity contribution in [1.82, 2.24) is 4.98 Å². The topological polar surface area (TPSA) is 39.8 Å². The lowest BCUT2D eigenvalue weighted by atomic mass is 10.1. The minimum Gasteiger partial charge on any atom is -0.618 e. The van der Waals surface area contributed by atoms with Gasteiger partial charge in [0.05, 0.1) is 0 Å². The van der Waals surface area contributed by atoms with Crippen LogP contribution in [0.15, 0.2) is 54.6 Å². The first-order chi connectivity index (χ1) is 9.31. The van der Waals surface area contributed by atoms with E-state index in [2.05, 4.69) is 4.98 Å². The second-order valence-electron chi connectivity index (χ2n) is 4.41. The second-order valence-corrected chi connectivity index (χ2v) is 4.41. The van der Waals surface area contributed by atoms with Gasteiger partial charge in [0.15, 0.2) is 0 Å². The molecule has 3 nitrogen and oxygen atoms in total. The maximum atomic E-state index is 12.6. The molecule has 3 heteroatoms. The quantitative estimate of drug-likeness (QED) is 0.518. The first-order valence-electron chi connectivity index (χ1n) is 6.38. The van der Waals surface area contributed by atoms with E-state index in [4.69, 9.17) is 0 Å². The maximum absolute atomic E-state index is 12.6. The molecule has 0 spiro atoms. The van der Waals surface area contributed by atoms with E-state index in [9.17, 15) is 5.21 Å². The molecule has 0 amide bonds. The monoisotopic (exact) mass is 250 g/mol. The standard InChI is InChI=1S/C16H14N2O/c1-2-13-16(12-8-4-3-5-9-12)18(19)15-11-7-6-10-14(15)17-13/h3-11H,2H2,1H3. The van der Waals surface area contributed by atoms with Crippen molar-refractivity contribution < 1.29 is 4.73 Å². The van der Waals surface area contributed by atoms with Gasteiger partial charge in [-0.05, 0) is 24.6 Å². The summed E-state index contributed by atoms with van der Waals surface area (Å²) in [6, 6.07) is 17.1. The van der Waals surface area contributed by atoms with Crippen molar-refractivity contribution in [2.45, 2.75) is 13.3 Å². The Morgan fingerprint density at radius 1 is 1.00 bits per heavy atom. The Kier molecular flexibility index (Phi) is 2.88. The second kappa shape index (κ2) is 4.69. The molecule has 3 rings (SSSR count). The fourth-order valence-electron chi connectivity index (χ4n) is 2.29. The summed E-state index contributed by atoms with van der Waals surface area (Å²) in [7, 11) is 0. The third-order valence-electron chi connectivity index (χ3n) is 3.21. The zero-order chi connectivity index (χ0) is 13.2. The molecule has 0 fully saturated rings. The van der Waals surface area contributed by atoms with E-state index in [0.29, 0.717) is 11.2 Å². The summed E-state index contributed by atoms with van der Waals surface area (Å²) >= 11 is 0. The van der Waals surface area contributed by atoms with Gasteiger partial charge in [0, 0.05) is 11.6 Å². The molecular formula is C16H14N2O. The van der Waals surface area contributed by atoms with E-state index in [0.717, 1.165) is 27.9 Å². The van der Waals surface area contributed by atoms with Crippen LogP contribution in [-0.4, -0.2) is 4.98 Å². The molecule has 0 radical (unpaired) electrons. The molecule has 0 N–H and O–H groups in total. The number of aromatic nitrogens is 2. The molecule has 1 aromatic heterocycles. The molecule has 19 heavy (non-hydrogen) atoms. The van der Waals surface area contributed by atoms with Gasteiger partial charge in [0.25, 0.3) is 0 Å². The average Bonchev–Trinajstić information content (AvgIpc) is 2.48. The fraction of sp³-hybridized carbons (Fsp3) is 0.125. The van der Waals surface area contributed by atoms with Gasteiger partial charge in [-0.2, -0.15) is 4.73 Å². The highest BCUT2D eigenvalue weighted by Gasteiger charge is 2.19. The number of hydrogen-bond acceptors (Lipinski definition) is 2. The first-order valence-corrected chi connectivity index (χ1v) is 6.38. The lowest BCUT2D eigenvalue weighted by Crippen LogP contribution is -2.32. The van der Waals surface area contributed by atoms with Gasteiger partial charge in [0.1, 0.15) is 11.2 Å². The number of rotatable bonds is 2. The SMILES string of the molecule is CCc1nc2ccccc2[n+]([O-])c1-c1ccccc1. The number of benzene rings is 2. The Bertz CT molecular complexity index is 723. The van der Waals surface area contributed by atoms with Crippen molar-refractivity contribution in [3.8, 4) is 11.3 Å². The van der Waals surface area contributed by atoms with Crippen molar-refractivity contribution in [3.05, 3.63) is 65.5 Å². The van der Waals surface area contributed by atoms with Crippen LogP contribution in [0.2, 0.25) is 0 Å². The molecule has 94 valence electrons. The number of fused-ring (bicyclic) bond motifs is 1. The van der Waals surface area contributed by atoms with E-state index < -0.39 is 0 Å². The molecule has 0 aliphatic carbocycles. The summed E-state index contributed by atoms with van der Waals surface area (Å²) in [5.41, 5.74) is 3.75. The molecule has 3 aromatic rings. The van der Waals surface area contributed by atoms with Gasteiger partial charge in [-0.25, -0.2) is 4.98 Å². The predicted molar refractivity (Wildman–Crippen MR) is 75.5 cm³/mol. The normalized spacial score (nSPS) is 10.8. The summed E-state index contributed by atoms with van der Waals surface area (Å²) in [5, 5.41) is 12.6. The predicted octanol–water partition coefficient (Wildman–Crippen LogP) is 3.10. The number of aryl methyl sites for hydroxylation is 1. The number of para-hydroxylation sites is 2. The van der Waals surface area contributed by atoms with E-state index in [1.807, 2.05) is 55.5 Å². The molecule has 0 saturated carbocycles. The minimum absolute atomic E-state index is 0.610. The van der Waals surface area contributed by atoms with Crippen LogP contribution in [0.5, 0.6) is 0 Å². The zero-order valence-electron chi connectivity index (χ0n) is 10.7. The minimum atomic E-state index is 0.610. The lowest BCUT2D eigenvalue weighted by molar-refractivity contribution is -0.565. The molecule has 0 aliphatic heterocycles. The van der Waals surface area contributed by atoms with Crippen LogP contribution in [-0.2, 0) is 6.42 Å². The van der Waals surface area contributed by atoms with E-state index in [1.165, 1.54) is 0 Å². The highest BCUT2D eigenvalue weighted by Crippen LogP contribution is 2.21. The van der Waals surface area contributed by atoms with Gasteiger partial charge in [-0.15, -0.1) is 0 Å². The van der Waals surface area contributed by atoms with Crippen molar-refractivity contribution in [3.63, 3.8) is 0 Å². The molecule has 0 unspecified atom stereocenters. The average molecular weight is 250 g/mol. The Hall–Kier alpha value is -2.42.